The third-order valence-corrected chi connectivity index (χ3v) is 6.36. The van der Waals surface area contributed by atoms with Gasteiger partial charge in [-0.3, -0.25) is 4.90 Å². The summed E-state index contributed by atoms with van der Waals surface area (Å²) < 4.78 is 9.60. The Balaban J connectivity index is 1.63. The van der Waals surface area contributed by atoms with Crippen molar-refractivity contribution in [2.75, 3.05) is 26.3 Å². The maximum absolute atomic E-state index is 11.2. The monoisotopic (exact) mass is 339 g/mol. The summed E-state index contributed by atoms with van der Waals surface area (Å²) in [4.78, 5) is 3.74. The molecule has 6 heteroatoms. The summed E-state index contributed by atoms with van der Waals surface area (Å²) in [6.45, 7) is 11.0. The van der Waals surface area contributed by atoms with Crippen LogP contribution in [-0.2, 0) is 11.3 Å². The molecular weight excluding hydrogens is 310 g/mol. The number of ether oxygens (including phenoxy) is 1. The Morgan fingerprint density at radius 1 is 1.39 bits per heavy atom. The molecule has 2 unspecified atom stereocenters. The van der Waals surface area contributed by atoms with E-state index >= 15 is 0 Å². The van der Waals surface area contributed by atoms with Gasteiger partial charge >= 0.3 is 0 Å². The first-order valence-corrected chi connectivity index (χ1v) is 9.61. The zero-order valence-corrected chi connectivity index (χ0v) is 15.3. The van der Waals surface area contributed by atoms with Crippen molar-refractivity contribution in [3.05, 3.63) is 10.6 Å². The molecule has 0 amide bonds. The third kappa shape index (κ3) is 3.60. The molecule has 0 bridgehead atoms. The summed E-state index contributed by atoms with van der Waals surface area (Å²) >= 11 is 1.52. The minimum atomic E-state index is -0.521. The number of piperidine rings is 1. The van der Waals surface area contributed by atoms with Crippen molar-refractivity contribution in [3.63, 3.8) is 0 Å². The lowest BCUT2D eigenvalue weighted by atomic mass is 9.70. The normalized spacial score (nSPS) is 30.9. The van der Waals surface area contributed by atoms with Crippen molar-refractivity contribution < 1.29 is 9.84 Å². The van der Waals surface area contributed by atoms with Crippen LogP contribution in [-0.4, -0.2) is 51.5 Å². The van der Waals surface area contributed by atoms with E-state index in [4.69, 9.17) is 4.74 Å². The summed E-state index contributed by atoms with van der Waals surface area (Å²) in [6.07, 6.45) is 2.86. The van der Waals surface area contributed by atoms with Gasteiger partial charge in [0.25, 0.3) is 0 Å². The molecule has 1 aromatic rings. The maximum atomic E-state index is 11.2. The maximum Gasteiger partial charge on any atom is 0.0826 e. The van der Waals surface area contributed by atoms with Crippen LogP contribution in [0.3, 0.4) is 0 Å². The fourth-order valence-corrected chi connectivity index (χ4v) is 4.97. The van der Waals surface area contributed by atoms with Crippen LogP contribution in [0, 0.1) is 11.8 Å². The summed E-state index contributed by atoms with van der Waals surface area (Å²) in [6, 6.07) is 0. The SMILES string of the molecule is CC(C)c1nnsc1CN1CCC(O)(C2CCOCC2)C(C)C1. The molecule has 130 valence electrons. The minimum Gasteiger partial charge on any atom is -0.389 e. The highest BCUT2D eigenvalue weighted by atomic mass is 32.1. The average molecular weight is 340 g/mol. The molecular formula is C17H29N3O2S. The van der Waals surface area contributed by atoms with Crippen molar-refractivity contribution >= 4 is 11.5 Å². The quantitative estimate of drug-likeness (QED) is 0.914. The molecule has 3 heterocycles. The molecule has 0 spiro atoms. The Labute approximate surface area is 143 Å². The molecule has 1 aromatic heterocycles. The van der Waals surface area contributed by atoms with E-state index in [-0.39, 0.29) is 0 Å². The molecule has 0 saturated carbocycles. The molecule has 0 radical (unpaired) electrons. The molecule has 2 aliphatic heterocycles. The molecule has 3 rings (SSSR count). The molecule has 23 heavy (non-hydrogen) atoms. The van der Waals surface area contributed by atoms with Crippen molar-refractivity contribution in [2.45, 2.75) is 58.1 Å². The van der Waals surface area contributed by atoms with Gasteiger partial charge in [0, 0.05) is 32.8 Å². The van der Waals surface area contributed by atoms with E-state index in [2.05, 4.69) is 35.3 Å². The Morgan fingerprint density at radius 2 is 2.13 bits per heavy atom. The molecule has 0 aromatic carbocycles. The van der Waals surface area contributed by atoms with Crippen LogP contribution >= 0.6 is 11.5 Å². The first-order chi connectivity index (χ1) is 11.0. The number of aliphatic hydroxyl groups is 1. The van der Waals surface area contributed by atoms with Gasteiger partial charge in [0.05, 0.1) is 16.2 Å². The van der Waals surface area contributed by atoms with Gasteiger partial charge in [-0.05, 0) is 48.5 Å². The van der Waals surface area contributed by atoms with Crippen LogP contribution in [0.5, 0.6) is 0 Å². The summed E-state index contributed by atoms with van der Waals surface area (Å²) in [5, 5.41) is 15.5. The van der Waals surface area contributed by atoms with E-state index in [1.165, 1.54) is 16.4 Å². The second kappa shape index (κ2) is 7.13. The van der Waals surface area contributed by atoms with Crippen molar-refractivity contribution in [3.8, 4) is 0 Å². The summed E-state index contributed by atoms with van der Waals surface area (Å²) in [5.41, 5.74) is 0.612. The van der Waals surface area contributed by atoms with Crippen LogP contribution in [0.25, 0.3) is 0 Å². The second-order valence-corrected chi connectivity index (χ2v) is 8.34. The highest BCUT2D eigenvalue weighted by molar-refractivity contribution is 7.05. The number of aromatic nitrogens is 2. The van der Waals surface area contributed by atoms with Gasteiger partial charge in [0.1, 0.15) is 0 Å². The number of rotatable bonds is 4. The molecule has 0 aliphatic carbocycles. The van der Waals surface area contributed by atoms with Crippen molar-refractivity contribution in [1.29, 1.82) is 0 Å². The third-order valence-electron chi connectivity index (χ3n) is 5.64. The predicted octanol–water partition coefficient (Wildman–Crippen LogP) is 2.66. The molecule has 2 saturated heterocycles. The molecule has 2 atom stereocenters. The van der Waals surface area contributed by atoms with Gasteiger partial charge in [0.2, 0.25) is 0 Å². The number of nitrogens with zero attached hydrogens (tertiary/aromatic N) is 3. The lowest BCUT2D eigenvalue weighted by molar-refractivity contribution is -0.131. The highest BCUT2D eigenvalue weighted by Gasteiger charge is 2.45. The highest BCUT2D eigenvalue weighted by Crippen LogP contribution is 2.39. The van der Waals surface area contributed by atoms with Crippen molar-refractivity contribution in [1.82, 2.24) is 14.5 Å². The summed E-state index contributed by atoms with van der Waals surface area (Å²) in [5.74, 6) is 1.11. The van der Waals surface area contributed by atoms with E-state index in [0.29, 0.717) is 17.8 Å². The Kier molecular flexibility index (Phi) is 5.35. The molecule has 1 N–H and O–H groups in total. The second-order valence-electron chi connectivity index (χ2n) is 7.50. The Morgan fingerprint density at radius 3 is 2.78 bits per heavy atom. The van der Waals surface area contributed by atoms with Gasteiger partial charge in [-0.15, -0.1) is 5.10 Å². The topological polar surface area (TPSA) is 58.5 Å². The zero-order chi connectivity index (χ0) is 16.4. The van der Waals surface area contributed by atoms with E-state index in [1.54, 1.807) is 0 Å². The first kappa shape index (κ1) is 17.3. The Bertz CT molecular complexity index is 516. The average Bonchev–Trinajstić information content (AvgIpc) is 3.00. The van der Waals surface area contributed by atoms with Gasteiger partial charge in [0.15, 0.2) is 0 Å². The molecule has 5 nitrogen and oxygen atoms in total. The van der Waals surface area contributed by atoms with Crippen LogP contribution < -0.4 is 0 Å². The zero-order valence-electron chi connectivity index (χ0n) is 14.5. The van der Waals surface area contributed by atoms with Gasteiger partial charge < -0.3 is 9.84 Å². The first-order valence-electron chi connectivity index (χ1n) is 8.84. The smallest absolute Gasteiger partial charge is 0.0826 e. The van der Waals surface area contributed by atoms with E-state index in [1.807, 2.05) is 0 Å². The standard InChI is InChI=1S/C17H29N3O2S/c1-12(2)16-15(23-19-18-16)11-20-7-6-17(21,13(3)10-20)14-4-8-22-9-5-14/h12-14,21H,4-11H2,1-3H3. The minimum absolute atomic E-state index is 0.294. The van der Waals surface area contributed by atoms with Gasteiger partial charge in [-0.25, -0.2) is 0 Å². The van der Waals surface area contributed by atoms with Gasteiger partial charge in [-0.1, -0.05) is 25.3 Å². The fraction of sp³-hybridized carbons (Fsp3) is 0.882. The van der Waals surface area contributed by atoms with Gasteiger partial charge in [-0.2, -0.15) is 0 Å². The van der Waals surface area contributed by atoms with Crippen LogP contribution in [0.4, 0.5) is 0 Å². The molecule has 2 aliphatic rings. The van der Waals surface area contributed by atoms with Crippen molar-refractivity contribution in [2.24, 2.45) is 11.8 Å². The summed E-state index contributed by atoms with van der Waals surface area (Å²) in [7, 11) is 0. The lowest BCUT2D eigenvalue weighted by Gasteiger charge is -2.48. The van der Waals surface area contributed by atoms with E-state index in [0.717, 1.165) is 57.8 Å². The van der Waals surface area contributed by atoms with E-state index in [9.17, 15) is 5.11 Å². The number of hydrogen-bond donors (Lipinski definition) is 1. The number of hydrogen-bond acceptors (Lipinski definition) is 6. The largest absolute Gasteiger partial charge is 0.389 e. The Hall–Kier alpha value is -0.560. The lowest BCUT2D eigenvalue weighted by Crippen LogP contribution is -2.55. The van der Waals surface area contributed by atoms with E-state index < -0.39 is 5.60 Å². The van der Waals surface area contributed by atoms with Crippen LogP contribution in [0.15, 0.2) is 0 Å². The number of likely N-dealkylation sites (tertiary alicyclic amines) is 1. The fourth-order valence-electron chi connectivity index (χ4n) is 4.13. The molecule has 2 fully saturated rings. The predicted molar refractivity (Wildman–Crippen MR) is 91.5 cm³/mol. The van der Waals surface area contributed by atoms with Crippen LogP contribution in [0.2, 0.25) is 0 Å². The van der Waals surface area contributed by atoms with Crippen LogP contribution in [0.1, 0.15) is 56.5 Å².